The number of likely N-dealkylation sites (tertiary alicyclic amines) is 1. The van der Waals surface area contributed by atoms with Crippen LogP contribution in [0, 0.1) is 0 Å². The van der Waals surface area contributed by atoms with Crippen molar-refractivity contribution in [2.75, 3.05) is 20.1 Å². The van der Waals surface area contributed by atoms with Crippen molar-refractivity contribution in [3.8, 4) is 0 Å². The molecule has 1 saturated heterocycles. The lowest BCUT2D eigenvalue weighted by Crippen LogP contribution is -2.14. The Morgan fingerprint density at radius 1 is 1.80 bits per heavy atom. The predicted octanol–water partition coefficient (Wildman–Crippen LogP) is 0.590. The zero-order valence-corrected chi connectivity index (χ0v) is 9.59. The van der Waals surface area contributed by atoms with Gasteiger partial charge in [-0.1, -0.05) is 0 Å². The van der Waals surface area contributed by atoms with Gasteiger partial charge in [-0.15, -0.1) is 11.3 Å². The Morgan fingerprint density at radius 2 is 2.60 bits per heavy atom. The Hall–Kier alpha value is -0.940. The van der Waals surface area contributed by atoms with Gasteiger partial charge in [-0.25, -0.2) is 4.98 Å². The molecule has 0 saturated carbocycles. The number of hydrogen-bond donors (Lipinski definition) is 1. The quantitative estimate of drug-likeness (QED) is 0.819. The lowest BCUT2D eigenvalue weighted by molar-refractivity contribution is -0.117. The first kappa shape index (κ1) is 10.6. The summed E-state index contributed by atoms with van der Waals surface area (Å²) in [7, 11) is 2.12. The molecule has 2 rings (SSSR count). The number of amides is 1. The maximum atomic E-state index is 10.7. The molecule has 2 N–H and O–H groups in total. The van der Waals surface area contributed by atoms with Gasteiger partial charge in [0.15, 0.2) is 0 Å². The first-order chi connectivity index (χ1) is 7.15. The number of rotatable bonds is 3. The van der Waals surface area contributed by atoms with E-state index >= 15 is 0 Å². The highest BCUT2D eigenvalue weighted by Gasteiger charge is 2.23. The minimum absolute atomic E-state index is 0.271. The molecule has 82 valence electrons. The highest BCUT2D eigenvalue weighted by molar-refractivity contribution is 7.09. The molecule has 1 aliphatic rings. The second kappa shape index (κ2) is 4.28. The van der Waals surface area contributed by atoms with Crippen molar-refractivity contribution in [2.24, 2.45) is 5.73 Å². The number of primary amides is 1. The SMILES string of the molecule is CN1CCC(c2csc(CC(N)=O)n2)C1. The first-order valence-electron chi connectivity index (χ1n) is 5.06. The van der Waals surface area contributed by atoms with Crippen LogP contribution in [0.2, 0.25) is 0 Å². The van der Waals surface area contributed by atoms with E-state index in [-0.39, 0.29) is 12.3 Å². The molecule has 1 atom stereocenters. The highest BCUT2D eigenvalue weighted by atomic mass is 32.1. The Balaban J connectivity index is 2.03. The van der Waals surface area contributed by atoms with Crippen LogP contribution in [-0.4, -0.2) is 35.9 Å². The molecule has 1 aliphatic heterocycles. The van der Waals surface area contributed by atoms with E-state index in [0.717, 1.165) is 30.2 Å². The third kappa shape index (κ3) is 2.54. The van der Waals surface area contributed by atoms with Gasteiger partial charge in [0.2, 0.25) is 5.91 Å². The predicted molar refractivity (Wildman–Crippen MR) is 59.9 cm³/mol. The van der Waals surface area contributed by atoms with Crippen molar-refractivity contribution in [1.82, 2.24) is 9.88 Å². The number of carbonyl (C=O) groups is 1. The van der Waals surface area contributed by atoms with Crippen molar-refractivity contribution in [2.45, 2.75) is 18.8 Å². The standard InChI is InChI=1S/C10H15N3OS/c1-13-3-2-7(5-13)8-6-15-10(12-8)4-9(11)14/h6-7H,2-5H2,1H3,(H2,11,14). The molecule has 1 unspecified atom stereocenters. The monoisotopic (exact) mass is 225 g/mol. The van der Waals surface area contributed by atoms with Crippen LogP contribution >= 0.6 is 11.3 Å². The zero-order chi connectivity index (χ0) is 10.8. The fourth-order valence-electron chi connectivity index (χ4n) is 1.92. The van der Waals surface area contributed by atoms with Crippen molar-refractivity contribution in [3.05, 3.63) is 16.1 Å². The van der Waals surface area contributed by atoms with Crippen LogP contribution in [0.15, 0.2) is 5.38 Å². The molecule has 1 aromatic heterocycles. The number of likely N-dealkylation sites (N-methyl/N-ethyl adjacent to an activating group) is 1. The molecule has 0 radical (unpaired) electrons. The summed E-state index contributed by atoms with van der Waals surface area (Å²) in [5, 5.41) is 2.90. The van der Waals surface area contributed by atoms with Crippen molar-refractivity contribution < 1.29 is 4.79 Å². The van der Waals surface area contributed by atoms with Crippen LogP contribution in [0.25, 0.3) is 0 Å². The number of carbonyl (C=O) groups excluding carboxylic acids is 1. The normalized spacial score (nSPS) is 22.1. The largest absolute Gasteiger partial charge is 0.369 e. The topological polar surface area (TPSA) is 59.2 Å². The van der Waals surface area contributed by atoms with Crippen LogP contribution in [0.3, 0.4) is 0 Å². The number of nitrogens with zero attached hydrogens (tertiary/aromatic N) is 2. The van der Waals surface area contributed by atoms with Crippen LogP contribution in [-0.2, 0) is 11.2 Å². The van der Waals surface area contributed by atoms with E-state index in [4.69, 9.17) is 5.73 Å². The smallest absolute Gasteiger partial charge is 0.224 e. The summed E-state index contributed by atoms with van der Waals surface area (Å²) >= 11 is 1.54. The highest BCUT2D eigenvalue weighted by Crippen LogP contribution is 2.27. The van der Waals surface area contributed by atoms with E-state index in [1.807, 2.05) is 0 Å². The summed E-state index contributed by atoms with van der Waals surface area (Å²) < 4.78 is 0. The number of nitrogens with two attached hydrogens (primary N) is 1. The summed E-state index contributed by atoms with van der Waals surface area (Å²) in [6.07, 6.45) is 1.43. The molecule has 15 heavy (non-hydrogen) atoms. The Morgan fingerprint density at radius 3 is 3.20 bits per heavy atom. The van der Waals surface area contributed by atoms with Gasteiger partial charge in [-0.05, 0) is 20.0 Å². The summed E-state index contributed by atoms with van der Waals surface area (Å²) in [5.74, 6) is 0.229. The molecule has 1 amide bonds. The maximum Gasteiger partial charge on any atom is 0.224 e. The van der Waals surface area contributed by atoms with E-state index in [1.165, 1.54) is 11.3 Å². The lowest BCUT2D eigenvalue weighted by Gasteiger charge is -2.06. The van der Waals surface area contributed by atoms with Crippen molar-refractivity contribution >= 4 is 17.2 Å². The van der Waals surface area contributed by atoms with Gasteiger partial charge < -0.3 is 10.6 Å². The van der Waals surface area contributed by atoms with Crippen LogP contribution in [0.1, 0.15) is 23.0 Å². The van der Waals surface area contributed by atoms with Crippen LogP contribution < -0.4 is 5.73 Å². The van der Waals surface area contributed by atoms with Crippen LogP contribution in [0.5, 0.6) is 0 Å². The third-order valence-corrected chi connectivity index (χ3v) is 3.57. The summed E-state index contributed by atoms with van der Waals surface area (Å²) in [6.45, 7) is 2.20. The Kier molecular flexibility index (Phi) is 3.02. The lowest BCUT2D eigenvalue weighted by atomic mass is 10.1. The molecule has 5 heteroatoms. The molecule has 0 aromatic carbocycles. The fourth-order valence-corrected chi connectivity index (χ4v) is 2.80. The van der Waals surface area contributed by atoms with E-state index < -0.39 is 0 Å². The van der Waals surface area contributed by atoms with E-state index in [1.54, 1.807) is 0 Å². The average Bonchev–Trinajstić information content (AvgIpc) is 2.72. The molecule has 4 nitrogen and oxygen atoms in total. The second-order valence-electron chi connectivity index (χ2n) is 4.06. The van der Waals surface area contributed by atoms with Crippen molar-refractivity contribution in [1.29, 1.82) is 0 Å². The summed E-state index contributed by atoms with van der Waals surface area (Å²) in [4.78, 5) is 17.5. The molecule has 0 spiro atoms. The second-order valence-corrected chi connectivity index (χ2v) is 5.00. The van der Waals surface area contributed by atoms with Gasteiger partial charge >= 0.3 is 0 Å². The zero-order valence-electron chi connectivity index (χ0n) is 8.77. The van der Waals surface area contributed by atoms with E-state index in [2.05, 4.69) is 22.3 Å². The average molecular weight is 225 g/mol. The van der Waals surface area contributed by atoms with Gasteiger partial charge in [0.1, 0.15) is 5.01 Å². The number of hydrogen-bond acceptors (Lipinski definition) is 4. The Bertz CT molecular complexity index is 363. The molecular weight excluding hydrogens is 210 g/mol. The Labute approximate surface area is 93.1 Å². The fraction of sp³-hybridized carbons (Fsp3) is 0.600. The maximum absolute atomic E-state index is 10.7. The minimum Gasteiger partial charge on any atom is -0.369 e. The van der Waals surface area contributed by atoms with E-state index in [9.17, 15) is 4.79 Å². The van der Waals surface area contributed by atoms with Gasteiger partial charge in [0.05, 0.1) is 12.1 Å². The molecule has 2 heterocycles. The molecule has 1 fully saturated rings. The van der Waals surface area contributed by atoms with Gasteiger partial charge in [-0.2, -0.15) is 0 Å². The molecular formula is C10H15N3OS. The molecule has 0 aliphatic carbocycles. The van der Waals surface area contributed by atoms with Crippen molar-refractivity contribution in [3.63, 3.8) is 0 Å². The molecule has 1 aromatic rings. The van der Waals surface area contributed by atoms with Crippen LogP contribution in [0.4, 0.5) is 0 Å². The number of thiazole rings is 1. The first-order valence-corrected chi connectivity index (χ1v) is 5.94. The van der Waals surface area contributed by atoms with Gasteiger partial charge in [-0.3, -0.25) is 4.79 Å². The molecule has 0 bridgehead atoms. The summed E-state index contributed by atoms with van der Waals surface area (Å²) in [5.41, 5.74) is 6.25. The third-order valence-electron chi connectivity index (χ3n) is 2.70. The van der Waals surface area contributed by atoms with Gasteiger partial charge in [0, 0.05) is 17.8 Å². The van der Waals surface area contributed by atoms with E-state index in [0.29, 0.717) is 5.92 Å². The van der Waals surface area contributed by atoms with Gasteiger partial charge in [0.25, 0.3) is 0 Å². The summed E-state index contributed by atoms with van der Waals surface area (Å²) in [6, 6.07) is 0. The number of aromatic nitrogens is 1. The minimum atomic E-state index is -0.306.